The maximum atomic E-state index is 13.0. The van der Waals surface area contributed by atoms with E-state index in [1.165, 1.54) is 6.07 Å². The zero-order chi connectivity index (χ0) is 19.4. The first kappa shape index (κ1) is 19.6. The molecule has 0 atom stereocenters. The standard InChI is InChI=1S/C21H26N2O3S/c1-16-11-12-18(27(25,26)23-13-7-3-4-8-14-23)15-19(16)21(24)22-20-10-6-5-9-17(20)2/h5-6,9-12,15H,3-4,7-8,13-14H2,1-2H3,(H,22,24). The molecule has 1 N–H and O–H groups in total. The van der Waals surface area contributed by atoms with Crippen molar-refractivity contribution in [3.8, 4) is 0 Å². The predicted molar refractivity (Wildman–Crippen MR) is 108 cm³/mol. The highest BCUT2D eigenvalue weighted by Gasteiger charge is 2.26. The van der Waals surface area contributed by atoms with Gasteiger partial charge in [0.05, 0.1) is 4.90 Å². The lowest BCUT2D eigenvalue weighted by Crippen LogP contribution is -2.32. The van der Waals surface area contributed by atoms with Crippen LogP contribution in [0.25, 0.3) is 0 Å². The number of hydrogen-bond donors (Lipinski definition) is 1. The molecule has 0 saturated carbocycles. The molecule has 144 valence electrons. The van der Waals surface area contributed by atoms with E-state index >= 15 is 0 Å². The van der Waals surface area contributed by atoms with E-state index in [9.17, 15) is 13.2 Å². The first-order chi connectivity index (χ1) is 12.9. The third-order valence-electron chi connectivity index (χ3n) is 5.05. The minimum atomic E-state index is -3.59. The second-order valence-corrected chi connectivity index (χ2v) is 9.00. The summed E-state index contributed by atoms with van der Waals surface area (Å²) in [6.07, 6.45) is 3.88. The van der Waals surface area contributed by atoms with Crippen LogP contribution in [0.1, 0.15) is 47.2 Å². The van der Waals surface area contributed by atoms with Crippen LogP contribution in [-0.2, 0) is 10.0 Å². The van der Waals surface area contributed by atoms with E-state index in [0.29, 0.717) is 18.7 Å². The van der Waals surface area contributed by atoms with Gasteiger partial charge in [0.1, 0.15) is 0 Å². The first-order valence-electron chi connectivity index (χ1n) is 9.37. The summed E-state index contributed by atoms with van der Waals surface area (Å²) in [6, 6.07) is 12.3. The Bertz CT molecular complexity index is 930. The number of hydrogen-bond acceptors (Lipinski definition) is 3. The molecule has 0 aromatic heterocycles. The molecular weight excluding hydrogens is 360 g/mol. The molecule has 6 heteroatoms. The smallest absolute Gasteiger partial charge is 0.255 e. The molecular formula is C21H26N2O3S. The van der Waals surface area contributed by atoms with Crippen molar-refractivity contribution in [2.75, 3.05) is 18.4 Å². The molecule has 1 amide bonds. The summed E-state index contributed by atoms with van der Waals surface area (Å²) in [5.74, 6) is -0.297. The Balaban J connectivity index is 1.89. The van der Waals surface area contributed by atoms with E-state index in [2.05, 4.69) is 5.32 Å². The lowest BCUT2D eigenvalue weighted by atomic mass is 10.1. The van der Waals surface area contributed by atoms with Gasteiger partial charge in [-0.25, -0.2) is 8.42 Å². The number of carbonyl (C=O) groups is 1. The Kier molecular flexibility index (Phi) is 5.97. The fourth-order valence-electron chi connectivity index (χ4n) is 3.34. The molecule has 3 rings (SSSR count). The van der Waals surface area contributed by atoms with Crippen molar-refractivity contribution in [3.05, 3.63) is 59.2 Å². The fraction of sp³-hybridized carbons (Fsp3) is 0.381. The van der Waals surface area contributed by atoms with Crippen LogP contribution in [0.3, 0.4) is 0 Å². The van der Waals surface area contributed by atoms with Crippen molar-refractivity contribution in [1.29, 1.82) is 0 Å². The third-order valence-corrected chi connectivity index (χ3v) is 6.94. The average Bonchev–Trinajstić information content (AvgIpc) is 2.94. The maximum Gasteiger partial charge on any atom is 0.255 e. The largest absolute Gasteiger partial charge is 0.322 e. The second kappa shape index (κ2) is 8.23. The molecule has 0 radical (unpaired) electrons. The summed E-state index contributed by atoms with van der Waals surface area (Å²) >= 11 is 0. The van der Waals surface area contributed by atoms with Crippen molar-refractivity contribution < 1.29 is 13.2 Å². The Labute approximate surface area is 161 Å². The number of anilines is 1. The van der Waals surface area contributed by atoms with Crippen LogP contribution in [0.4, 0.5) is 5.69 Å². The molecule has 5 nitrogen and oxygen atoms in total. The van der Waals surface area contributed by atoms with Gasteiger partial charge in [0.2, 0.25) is 10.0 Å². The van der Waals surface area contributed by atoms with Crippen LogP contribution in [-0.4, -0.2) is 31.7 Å². The number of rotatable bonds is 4. The number of amides is 1. The predicted octanol–water partition coefficient (Wildman–Crippen LogP) is 4.12. The number of benzene rings is 2. The number of para-hydroxylation sites is 1. The summed E-state index contributed by atoms with van der Waals surface area (Å²) in [5, 5.41) is 2.89. The van der Waals surface area contributed by atoms with E-state index in [-0.39, 0.29) is 10.8 Å². The molecule has 0 spiro atoms. The number of nitrogens with zero attached hydrogens (tertiary/aromatic N) is 1. The van der Waals surface area contributed by atoms with Crippen LogP contribution in [0.15, 0.2) is 47.4 Å². The highest BCUT2D eigenvalue weighted by molar-refractivity contribution is 7.89. The molecule has 1 heterocycles. The van der Waals surface area contributed by atoms with Gasteiger partial charge < -0.3 is 5.32 Å². The number of sulfonamides is 1. The van der Waals surface area contributed by atoms with Crippen molar-refractivity contribution in [3.63, 3.8) is 0 Å². The van der Waals surface area contributed by atoms with Crippen LogP contribution in [0, 0.1) is 13.8 Å². The normalized spacial score (nSPS) is 15.9. The molecule has 2 aromatic carbocycles. The topological polar surface area (TPSA) is 66.5 Å². The number of nitrogens with one attached hydrogen (secondary N) is 1. The third kappa shape index (κ3) is 4.39. The average molecular weight is 387 g/mol. The molecule has 27 heavy (non-hydrogen) atoms. The summed E-state index contributed by atoms with van der Waals surface area (Å²) in [6.45, 7) is 4.82. The van der Waals surface area contributed by atoms with E-state index in [0.717, 1.165) is 42.5 Å². The van der Waals surface area contributed by atoms with Gasteiger partial charge in [-0.1, -0.05) is 37.1 Å². The van der Waals surface area contributed by atoms with Gasteiger partial charge >= 0.3 is 0 Å². The van der Waals surface area contributed by atoms with Gasteiger partial charge in [0.15, 0.2) is 0 Å². The molecule has 1 fully saturated rings. The Hall–Kier alpha value is -2.18. The maximum absolute atomic E-state index is 13.0. The molecule has 0 aliphatic carbocycles. The zero-order valence-corrected chi connectivity index (χ0v) is 16.7. The van der Waals surface area contributed by atoms with E-state index in [1.807, 2.05) is 38.1 Å². The Morgan fingerprint density at radius 3 is 2.26 bits per heavy atom. The molecule has 1 aliphatic rings. The summed E-state index contributed by atoms with van der Waals surface area (Å²) in [7, 11) is -3.59. The number of carbonyl (C=O) groups excluding carboxylic acids is 1. The molecule has 1 aliphatic heterocycles. The van der Waals surface area contributed by atoms with Crippen LogP contribution >= 0.6 is 0 Å². The zero-order valence-electron chi connectivity index (χ0n) is 15.9. The minimum Gasteiger partial charge on any atom is -0.322 e. The van der Waals surface area contributed by atoms with E-state index in [1.54, 1.807) is 16.4 Å². The SMILES string of the molecule is Cc1ccccc1NC(=O)c1cc(S(=O)(=O)N2CCCCCC2)ccc1C. The monoisotopic (exact) mass is 386 g/mol. The Morgan fingerprint density at radius 2 is 1.59 bits per heavy atom. The summed E-state index contributed by atoms with van der Waals surface area (Å²) in [5.41, 5.74) is 2.81. The second-order valence-electron chi connectivity index (χ2n) is 7.06. The summed E-state index contributed by atoms with van der Waals surface area (Å²) < 4.78 is 27.6. The fourth-order valence-corrected chi connectivity index (χ4v) is 4.88. The van der Waals surface area contributed by atoms with E-state index < -0.39 is 10.0 Å². The van der Waals surface area contributed by atoms with Crippen LogP contribution < -0.4 is 5.32 Å². The van der Waals surface area contributed by atoms with Crippen molar-refractivity contribution >= 4 is 21.6 Å². The Morgan fingerprint density at radius 1 is 0.926 bits per heavy atom. The van der Waals surface area contributed by atoms with Crippen molar-refractivity contribution in [2.24, 2.45) is 0 Å². The van der Waals surface area contributed by atoms with Gasteiger partial charge in [0, 0.05) is 24.3 Å². The van der Waals surface area contributed by atoms with Crippen LogP contribution in [0.5, 0.6) is 0 Å². The minimum absolute atomic E-state index is 0.185. The molecule has 0 bridgehead atoms. The van der Waals surface area contributed by atoms with Gasteiger partial charge in [-0.15, -0.1) is 0 Å². The molecule has 2 aromatic rings. The van der Waals surface area contributed by atoms with Crippen molar-refractivity contribution in [2.45, 2.75) is 44.4 Å². The highest BCUT2D eigenvalue weighted by Crippen LogP contribution is 2.23. The number of aryl methyl sites for hydroxylation is 2. The van der Waals surface area contributed by atoms with Gasteiger partial charge in [-0.2, -0.15) is 4.31 Å². The molecule has 0 unspecified atom stereocenters. The summed E-state index contributed by atoms with van der Waals surface area (Å²) in [4.78, 5) is 13.0. The van der Waals surface area contributed by atoms with Gasteiger partial charge in [0.25, 0.3) is 5.91 Å². The van der Waals surface area contributed by atoms with Gasteiger partial charge in [-0.3, -0.25) is 4.79 Å². The lowest BCUT2D eigenvalue weighted by molar-refractivity contribution is 0.102. The quantitative estimate of drug-likeness (QED) is 0.859. The lowest BCUT2D eigenvalue weighted by Gasteiger charge is -2.20. The van der Waals surface area contributed by atoms with Crippen LogP contribution in [0.2, 0.25) is 0 Å². The van der Waals surface area contributed by atoms with E-state index in [4.69, 9.17) is 0 Å². The highest BCUT2D eigenvalue weighted by atomic mass is 32.2. The molecule has 1 saturated heterocycles. The van der Waals surface area contributed by atoms with Gasteiger partial charge in [-0.05, 0) is 56.0 Å². The first-order valence-corrected chi connectivity index (χ1v) is 10.8. The van der Waals surface area contributed by atoms with Crippen molar-refractivity contribution in [1.82, 2.24) is 4.31 Å².